The molecule has 0 saturated carbocycles. The van der Waals surface area contributed by atoms with Crippen molar-refractivity contribution in [2.45, 2.75) is 27.2 Å². The number of halogens is 1. The second-order valence-corrected chi connectivity index (χ2v) is 6.31. The molecule has 3 N–H and O–H groups in total. The Kier molecular flexibility index (Phi) is 13.0. The number of carbonyl (C=O) groups is 1. The van der Waals surface area contributed by atoms with Crippen molar-refractivity contribution >= 4 is 41.5 Å². The number of pyridine rings is 1. The van der Waals surface area contributed by atoms with Crippen LogP contribution in [-0.2, 0) is 11.2 Å². The predicted molar refractivity (Wildman–Crippen MR) is 135 cm³/mol. The standard InChI is InChI=1S/C22H31N5O3.HI/c1-4-24-22(26-16-21(28)27-18-8-7-12-23-15-18)25-13-11-17-9-10-19(29-5-2)20(14-17)30-6-3;/h7-10,12,14-15H,4-6,11,13,16H2,1-3H3,(H,27,28)(H2,24,25,26);1H. The number of amides is 1. The van der Waals surface area contributed by atoms with E-state index in [-0.39, 0.29) is 36.4 Å². The highest BCUT2D eigenvalue weighted by molar-refractivity contribution is 14.0. The zero-order valence-electron chi connectivity index (χ0n) is 18.3. The Morgan fingerprint density at radius 3 is 2.52 bits per heavy atom. The molecule has 0 aliphatic carbocycles. The highest BCUT2D eigenvalue weighted by atomic mass is 127. The lowest BCUT2D eigenvalue weighted by molar-refractivity contribution is -0.114. The van der Waals surface area contributed by atoms with Gasteiger partial charge in [0.2, 0.25) is 5.91 Å². The van der Waals surface area contributed by atoms with Crippen molar-refractivity contribution in [1.29, 1.82) is 0 Å². The molecule has 0 spiro atoms. The van der Waals surface area contributed by atoms with E-state index in [9.17, 15) is 4.79 Å². The Hall–Kier alpha value is -2.56. The van der Waals surface area contributed by atoms with Crippen LogP contribution in [0.25, 0.3) is 0 Å². The van der Waals surface area contributed by atoms with Crippen LogP contribution in [0.4, 0.5) is 5.69 Å². The van der Waals surface area contributed by atoms with Gasteiger partial charge in [0.1, 0.15) is 6.54 Å². The van der Waals surface area contributed by atoms with E-state index in [2.05, 4.69) is 25.9 Å². The van der Waals surface area contributed by atoms with Crippen LogP contribution in [0.3, 0.4) is 0 Å². The fourth-order valence-corrected chi connectivity index (χ4v) is 2.71. The topological polar surface area (TPSA) is 96.9 Å². The summed E-state index contributed by atoms with van der Waals surface area (Å²) in [4.78, 5) is 20.4. The van der Waals surface area contributed by atoms with Crippen LogP contribution in [0.1, 0.15) is 26.3 Å². The second kappa shape index (κ2) is 15.3. The zero-order valence-corrected chi connectivity index (χ0v) is 20.6. The number of benzene rings is 1. The minimum absolute atomic E-state index is 0. The molecule has 170 valence electrons. The second-order valence-electron chi connectivity index (χ2n) is 6.31. The van der Waals surface area contributed by atoms with Crippen LogP contribution < -0.4 is 25.4 Å². The summed E-state index contributed by atoms with van der Waals surface area (Å²) in [6.07, 6.45) is 4.03. The van der Waals surface area contributed by atoms with E-state index in [1.54, 1.807) is 24.5 Å². The number of guanidine groups is 1. The summed E-state index contributed by atoms with van der Waals surface area (Å²) in [5, 5.41) is 9.17. The van der Waals surface area contributed by atoms with Gasteiger partial charge in [0.05, 0.1) is 25.1 Å². The molecule has 2 aromatic rings. The van der Waals surface area contributed by atoms with E-state index in [1.807, 2.05) is 39.0 Å². The summed E-state index contributed by atoms with van der Waals surface area (Å²) < 4.78 is 11.3. The van der Waals surface area contributed by atoms with Gasteiger partial charge in [-0.05, 0) is 57.0 Å². The Morgan fingerprint density at radius 1 is 1.06 bits per heavy atom. The molecule has 1 aromatic carbocycles. The summed E-state index contributed by atoms with van der Waals surface area (Å²) >= 11 is 0. The lowest BCUT2D eigenvalue weighted by Gasteiger charge is -2.14. The molecule has 0 atom stereocenters. The fraction of sp³-hybridized carbons (Fsp3) is 0.409. The molecule has 1 amide bonds. The molecule has 31 heavy (non-hydrogen) atoms. The minimum atomic E-state index is -0.201. The van der Waals surface area contributed by atoms with Gasteiger partial charge in [0.25, 0.3) is 0 Å². The van der Waals surface area contributed by atoms with E-state index in [1.165, 1.54) is 0 Å². The van der Waals surface area contributed by atoms with Crippen molar-refractivity contribution in [3.8, 4) is 11.5 Å². The average molecular weight is 541 g/mol. The molecule has 1 aromatic heterocycles. The first-order valence-corrected chi connectivity index (χ1v) is 10.3. The molecule has 1 heterocycles. The molecule has 0 aliphatic rings. The van der Waals surface area contributed by atoms with Gasteiger partial charge < -0.3 is 25.4 Å². The molecule has 9 heteroatoms. The van der Waals surface area contributed by atoms with Crippen LogP contribution in [-0.4, -0.2) is 49.7 Å². The lowest BCUT2D eigenvalue weighted by atomic mass is 10.1. The number of aromatic nitrogens is 1. The summed E-state index contributed by atoms with van der Waals surface area (Å²) in [6, 6.07) is 9.52. The Morgan fingerprint density at radius 2 is 1.84 bits per heavy atom. The normalized spacial score (nSPS) is 10.6. The molecule has 0 saturated heterocycles. The van der Waals surface area contributed by atoms with Gasteiger partial charge in [-0.15, -0.1) is 24.0 Å². The number of hydrogen-bond donors (Lipinski definition) is 3. The molecule has 0 bridgehead atoms. The van der Waals surface area contributed by atoms with Gasteiger partial charge in [0, 0.05) is 19.3 Å². The van der Waals surface area contributed by atoms with Crippen LogP contribution in [0.15, 0.2) is 47.7 Å². The fourth-order valence-electron chi connectivity index (χ4n) is 2.71. The van der Waals surface area contributed by atoms with Crippen molar-refractivity contribution in [2.75, 3.05) is 38.2 Å². The van der Waals surface area contributed by atoms with E-state index < -0.39 is 0 Å². The van der Waals surface area contributed by atoms with Crippen molar-refractivity contribution < 1.29 is 14.3 Å². The number of nitrogens with zero attached hydrogens (tertiary/aromatic N) is 2. The number of ether oxygens (including phenoxy) is 2. The first kappa shape index (κ1) is 26.5. The number of anilines is 1. The van der Waals surface area contributed by atoms with Gasteiger partial charge in [-0.25, -0.2) is 4.99 Å². The Bertz CT molecular complexity index is 818. The van der Waals surface area contributed by atoms with Gasteiger partial charge in [0.15, 0.2) is 17.5 Å². The number of hydrogen-bond acceptors (Lipinski definition) is 5. The summed E-state index contributed by atoms with van der Waals surface area (Å²) in [5.41, 5.74) is 1.77. The quantitative estimate of drug-likeness (QED) is 0.230. The van der Waals surface area contributed by atoms with Crippen LogP contribution in [0.2, 0.25) is 0 Å². The maximum Gasteiger partial charge on any atom is 0.246 e. The summed E-state index contributed by atoms with van der Waals surface area (Å²) in [6.45, 7) is 8.44. The first-order valence-electron chi connectivity index (χ1n) is 10.3. The monoisotopic (exact) mass is 541 g/mol. The number of aliphatic imine (C=N–C) groups is 1. The summed E-state index contributed by atoms with van der Waals surface area (Å²) in [7, 11) is 0. The van der Waals surface area contributed by atoms with Crippen molar-refractivity contribution in [3.63, 3.8) is 0 Å². The van der Waals surface area contributed by atoms with Crippen LogP contribution in [0.5, 0.6) is 11.5 Å². The lowest BCUT2D eigenvalue weighted by Crippen LogP contribution is -2.39. The molecule has 0 aliphatic heterocycles. The third-order valence-electron chi connectivity index (χ3n) is 3.98. The maximum absolute atomic E-state index is 12.1. The van der Waals surface area contributed by atoms with Crippen molar-refractivity contribution in [2.24, 2.45) is 4.99 Å². The SMILES string of the molecule is CCNC(=NCC(=O)Nc1cccnc1)NCCc1ccc(OCC)c(OCC)c1.I. The third-order valence-corrected chi connectivity index (χ3v) is 3.98. The van der Waals surface area contributed by atoms with Crippen molar-refractivity contribution in [3.05, 3.63) is 48.3 Å². The largest absolute Gasteiger partial charge is 0.490 e. The van der Waals surface area contributed by atoms with E-state index in [0.29, 0.717) is 38.0 Å². The van der Waals surface area contributed by atoms with E-state index >= 15 is 0 Å². The van der Waals surface area contributed by atoms with Crippen LogP contribution in [0, 0.1) is 0 Å². The van der Waals surface area contributed by atoms with Gasteiger partial charge in [-0.1, -0.05) is 6.07 Å². The molecular formula is C22H32IN5O3. The molecule has 0 unspecified atom stereocenters. The molecular weight excluding hydrogens is 509 g/mol. The Balaban J connectivity index is 0.00000480. The zero-order chi connectivity index (χ0) is 21.6. The number of rotatable bonds is 11. The Labute approximate surface area is 201 Å². The predicted octanol–water partition coefficient (Wildman–Crippen LogP) is 3.23. The van der Waals surface area contributed by atoms with E-state index in [0.717, 1.165) is 23.5 Å². The van der Waals surface area contributed by atoms with Gasteiger partial charge in [-0.2, -0.15) is 0 Å². The highest BCUT2D eigenvalue weighted by Crippen LogP contribution is 2.28. The summed E-state index contributed by atoms with van der Waals surface area (Å²) in [5.74, 6) is 1.90. The van der Waals surface area contributed by atoms with Gasteiger partial charge in [-0.3, -0.25) is 9.78 Å². The van der Waals surface area contributed by atoms with Gasteiger partial charge >= 0.3 is 0 Å². The smallest absolute Gasteiger partial charge is 0.246 e. The molecule has 0 radical (unpaired) electrons. The maximum atomic E-state index is 12.1. The van der Waals surface area contributed by atoms with Crippen LogP contribution >= 0.6 is 24.0 Å². The molecule has 8 nitrogen and oxygen atoms in total. The number of carbonyl (C=O) groups excluding carboxylic acids is 1. The first-order chi connectivity index (χ1) is 14.7. The average Bonchev–Trinajstić information content (AvgIpc) is 2.75. The van der Waals surface area contributed by atoms with Crippen molar-refractivity contribution in [1.82, 2.24) is 15.6 Å². The minimum Gasteiger partial charge on any atom is -0.490 e. The van der Waals surface area contributed by atoms with E-state index in [4.69, 9.17) is 9.47 Å². The molecule has 0 fully saturated rings. The highest BCUT2D eigenvalue weighted by Gasteiger charge is 2.07. The number of nitrogens with one attached hydrogen (secondary N) is 3. The third kappa shape index (κ3) is 9.86. The molecule has 2 rings (SSSR count).